The Kier molecular flexibility index (Phi) is 4.82. The molecular weight excluding hydrogens is 374 g/mol. The number of aromatic amines is 1. The summed E-state index contributed by atoms with van der Waals surface area (Å²) in [5, 5.41) is 3.58. The van der Waals surface area contributed by atoms with Crippen molar-refractivity contribution in [2.24, 2.45) is 0 Å². The molecule has 8 heteroatoms. The normalized spacial score (nSPS) is 10.7. The van der Waals surface area contributed by atoms with E-state index in [0.717, 1.165) is 10.9 Å². The predicted molar refractivity (Wildman–Crippen MR) is 108 cm³/mol. The molecule has 0 saturated carbocycles. The van der Waals surface area contributed by atoms with Crippen LogP contribution in [0.3, 0.4) is 0 Å². The predicted octanol–water partition coefficient (Wildman–Crippen LogP) is 4.10. The molecule has 148 valence electrons. The zero-order valence-corrected chi connectivity index (χ0v) is 16.1. The number of H-pyrrole nitrogens is 1. The lowest BCUT2D eigenvalue weighted by molar-refractivity contribution is 0.102. The number of carbonyl (C=O) groups is 1. The SMILES string of the molecule is COc1cc(OC)c2cc(C(=O)Nc3ccc(-c4cnco4)cc3)[nH]c2c1OC. The lowest BCUT2D eigenvalue weighted by Gasteiger charge is -2.11. The summed E-state index contributed by atoms with van der Waals surface area (Å²) < 4.78 is 21.5. The van der Waals surface area contributed by atoms with E-state index in [4.69, 9.17) is 18.6 Å². The van der Waals surface area contributed by atoms with Gasteiger partial charge in [-0.15, -0.1) is 0 Å². The number of fused-ring (bicyclic) bond motifs is 1. The molecule has 0 saturated heterocycles. The van der Waals surface area contributed by atoms with E-state index in [1.807, 2.05) is 12.1 Å². The summed E-state index contributed by atoms with van der Waals surface area (Å²) in [5.41, 5.74) is 2.50. The van der Waals surface area contributed by atoms with E-state index >= 15 is 0 Å². The van der Waals surface area contributed by atoms with Gasteiger partial charge in [0, 0.05) is 22.7 Å². The van der Waals surface area contributed by atoms with Crippen molar-refractivity contribution in [3.05, 3.63) is 54.7 Å². The van der Waals surface area contributed by atoms with E-state index < -0.39 is 0 Å². The molecule has 2 N–H and O–H groups in total. The zero-order chi connectivity index (χ0) is 20.4. The molecule has 4 aromatic rings. The first-order valence-corrected chi connectivity index (χ1v) is 8.76. The summed E-state index contributed by atoms with van der Waals surface area (Å²) in [7, 11) is 4.64. The Hall–Kier alpha value is -3.94. The fourth-order valence-corrected chi connectivity index (χ4v) is 3.13. The number of nitrogens with zero attached hydrogens (tertiary/aromatic N) is 1. The number of hydrogen-bond acceptors (Lipinski definition) is 6. The Labute approximate surface area is 166 Å². The van der Waals surface area contributed by atoms with Crippen molar-refractivity contribution in [1.29, 1.82) is 0 Å². The van der Waals surface area contributed by atoms with Crippen LogP contribution in [-0.4, -0.2) is 37.2 Å². The van der Waals surface area contributed by atoms with Gasteiger partial charge in [0.15, 0.2) is 23.7 Å². The number of rotatable bonds is 6. The number of carbonyl (C=O) groups excluding carboxylic acids is 1. The van der Waals surface area contributed by atoms with Gasteiger partial charge in [0.2, 0.25) is 0 Å². The molecule has 0 fully saturated rings. The van der Waals surface area contributed by atoms with Crippen molar-refractivity contribution in [2.75, 3.05) is 26.6 Å². The van der Waals surface area contributed by atoms with Crippen molar-refractivity contribution in [2.45, 2.75) is 0 Å². The number of anilines is 1. The zero-order valence-electron chi connectivity index (χ0n) is 16.1. The third-order valence-electron chi connectivity index (χ3n) is 4.54. The molecule has 0 aliphatic heterocycles. The largest absolute Gasteiger partial charge is 0.496 e. The Morgan fingerprint density at radius 1 is 1.03 bits per heavy atom. The van der Waals surface area contributed by atoms with Gasteiger partial charge in [0.1, 0.15) is 11.4 Å². The lowest BCUT2D eigenvalue weighted by atomic mass is 10.1. The smallest absolute Gasteiger partial charge is 0.272 e. The first kappa shape index (κ1) is 18.4. The standard InChI is InChI=1S/C21H19N3O5/c1-26-16-9-17(27-2)20(28-3)19-14(16)8-15(24-19)21(25)23-13-6-4-12(5-7-13)18-10-22-11-29-18/h4-11,24H,1-3H3,(H,23,25). The first-order valence-electron chi connectivity index (χ1n) is 8.76. The fourth-order valence-electron chi connectivity index (χ4n) is 3.13. The summed E-state index contributed by atoms with van der Waals surface area (Å²) in [5.74, 6) is 1.94. The molecule has 2 aromatic carbocycles. The van der Waals surface area contributed by atoms with Crippen LogP contribution in [0.4, 0.5) is 5.69 Å². The molecule has 0 unspecified atom stereocenters. The lowest BCUT2D eigenvalue weighted by Crippen LogP contribution is -2.12. The Bertz CT molecular complexity index is 1150. The molecule has 0 aliphatic carbocycles. The molecule has 0 aliphatic rings. The van der Waals surface area contributed by atoms with E-state index in [1.165, 1.54) is 6.39 Å². The number of methoxy groups -OCH3 is 3. The highest BCUT2D eigenvalue weighted by atomic mass is 16.5. The number of oxazole rings is 1. The molecule has 4 rings (SSSR count). The monoisotopic (exact) mass is 393 g/mol. The minimum Gasteiger partial charge on any atom is -0.496 e. The molecule has 8 nitrogen and oxygen atoms in total. The number of nitrogens with one attached hydrogen (secondary N) is 2. The van der Waals surface area contributed by atoms with Crippen LogP contribution >= 0.6 is 0 Å². The van der Waals surface area contributed by atoms with Crippen LogP contribution < -0.4 is 19.5 Å². The second kappa shape index (κ2) is 7.59. The second-order valence-electron chi connectivity index (χ2n) is 6.18. The van der Waals surface area contributed by atoms with Gasteiger partial charge in [-0.05, 0) is 30.3 Å². The van der Waals surface area contributed by atoms with Crippen molar-refractivity contribution < 1.29 is 23.4 Å². The average Bonchev–Trinajstić information content (AvgIpc) is 3.43. The number of amides is 1. The molecular formula is C21H19N3O5. The van der Waals surface area contributed by atoms with Gasteiger partial charge in [-0.1, -0.05) is 0 Å². The molecule has 29 heavy (non-hydrogen) atoms. The topological polar surface area (TPSA) is 98.6 Å². The summed E-state index contributed by atoms with van der Waals surface area (Å²) in [4.78, 5) is 19.8. The third kappa shape index (κ3) is 3.36. The number of ether oxygens (including phenoxy) is 3. The van der Waals surface area contributed by atoms with Crippen LogP contribution in [0.2, 0.25) is 0 Å². The highest BCUT2D eigenvalue weighted by Crippen LogP contribution is 2.41. The Morgan fingerprint density at radius 2 is 1.79 bits per heavy atom. The highest BCUT2D eigenvalue weighted by molar-refractivity contribution is 6.08. The van der Waals surface area contributed by atoms with Crippen LogP contribution in [-0.2, 0) is 0 Å². The maximum atomic E-state index is 12.8. The van der Waals surface area contributed by atoms with Gasteiger partial charge >= 0.3 is 0 Å². The van der Waals surface area contributed by atoms with Crippen molar-refractivity contribution in [3.63, 3.8) is 0 Å². The van der Waals surface area contributed by atoms with Gasteiger partial charge in [0.05, 0.1) is 33.0 Å². The fraction of sp³-hybridized carbons (Fsp3) is 0.143. The number of benzene rings is 2. The summed E-state index contributed by atoms with van der Waals surface area (Å²) >= 11 is 0. The Morgan fingerprint density at radius 3 is 2.41 bits per heavy atom. The minimum absolute atomic E-state index is 0.295. The van der Waals surface area contributed by atoms with E-state index in [2.05, 4.69) is 15.3 Å². The highest BCUT2D eigenvalue weighted by Gasteiger charge is 2.19. The number of hydrogen-bond donors (Lipinski definition) is 2. The number of aromatic nitrogens is 2. The van der Waals surface area contributed by atoms with E-state index in [0.29, 0.717) is 39.9 Å². The van der Waals surface area contributed by atoms with Crippen molar-refractivity contribution >= 4 is 22.5 Å². The summed E-state index contributed by atoms with van der Waals surface area (Å²) in [6.45, 7) is 0. The van der Waals surface area contributed by atoms with Crippen molar-refractivity contribution in [1.82, 2.24) is 9.97 Å². The molecule has 2 aromatic heterocycles. The Balaban J connectivity index is 1.63. The van der Waals surface area contributed by atoms with E-state index in [9.17, 15) is 4.79 Å². The van der Waals surface area contributed by atoms with Crippen molar-refractivity contribution in [3.8, 4) is 28.6 Å². The maximum Gasteiger partial charge on any atom is 0.272 e. The third-order valence-corrected chi connectivity index (χ3v) is 4.54. The van der Waals surface area contributed by atoms with Gasteiger partial charge in [-0.3, -0.25) is 4.79 Å². The van der Waals surface area contributed by atoms with Crippen LogP contribution in [0, 0.1) is 0 Å². The quantitative estimate of drug-likeness (QED) is 0.512. The minimum atomic E-state index is -0.295. The van der Waals surface area contributed by atoms with Gasteiger partial charge in [-0.2, -0.15) is 0 Å². The molecule has 0 radical (unpaired) electrons. The van der Waals surface area contributed by atoms with Crippen LogP contribution in [0.15, 0.2) is 53.4 Å². The molecule has 0 bridgehead atoms. The van der Waals surface area contributed by atoms with Crippen LogP contribution in [0.1, 0.15) is 10.5 Å². The molecule has 0 spiro atoms. The van der Waals surface area contributed by atoms with E-state index in [1.54, 1.807) is 51.8 Å². The summed E-state index contributed by atoms with van der Waals surface area (Å²) in [6.07, 6.45) is 3.01. The molecule has 2 heterocycles. The van der Waals surface area contributed by atoms with Gasteiger partial charge in [0.25, 0.3) is 5.91 Å². The average molecular weight is 393 g/mol. The maximum absolute atomic E-state index is 12.8. The van der Waals surface area contributed by atoms with Crippen LogP contribution in [0.25, 0.3) is 22.2 Å². The van der Waals surface area contributed by atoms with E-state index in [-0.39, 0.29) is 5.91 Å². The second-order valence-corrected chi connectivity index (χ2v) is 6.18. The molecule has 1 amide bonds. The summed E-state index contributed by atoms with van der Waals surface area (Å²) in [6, 6.07) is 10.7. The molecule has 0 atom stereocenters. The van der Waals surface area contributed by atoms with Gasteiger partial charge in [-0.25, -0.2) is 4.98 Å². The first-order chi connectivity index (χ1) is 14.1. The van der Waals surface area contributed by atoms with Gasteiger partial charge < -0.3 is 28.9 Å². The van der Waals surface area contributed by atoms with Crippen LogP contribution in [0.5, 0.6) is 17.2 Å².